The molecule has 1 aromatic carbocycles. The third kappa shape index (κ3) is 4.89. The van der Waals surface area contributed by atoms with Crippen molar-refractivity contribution in [2.24, 2.45) is 7.05 Å². The van der Waals surface area contributed by atoms with Crippen LogP contribution in [0.1, 0.15) is 30.2 Å². The summed E-state index contributed by atoms with van der Waals surface area (Å²) in [6.07, 6.45) is 5.73. The standard InChI is InChI=1S/C23H26BrN6O4/c1-15-20(22(31)33-12-11-29-10-9-27(3)14-29)21(17-5-7-18(24)8-6-17)30(23(32)28(15)4)13-19-25-16(2)34-26-19/h5-10,14,21H,11-13H2,1-4H3/q+1. The number of urea groups is 1. The largest absolute Gasteiger partial charge is 0.458 e. The van der Waals surface area contributed by atoms with Gasteiger partial charge in [0.15, 0.2) is 5.82 Å². The molecule has 2 aromatic heterocycles. The maximum absolute atomic E-state index is 13.4. The van der Waals surface area contributed by atoms with Crippen molar-refractivity contribution in [3.63, 3.8) is 0 Å². The van der Waals surface area contributed by atoms with Crippen LogP contribution in [0.25, 0.3) is 0 Å². The van der Waals surface area contributed by atoms with E-state index in [2.05, 4.69) is 26.1 Å². The summed E-state index contributed by atoms with van der Waals surface area (Å²) in [6, 6.07) is 6.56. The summed E-state index contributed by atoms with van der Waals surface area (Å²) in [5.41, 5.74) is 1.70. The first-order chi connectivity index (χ1) is 16.2. The van der Waals surface area contributed by atoms with Crippen LogP contribution in [0.15, 0.2) is 63.3 Å². The van der Waals surface area contributed by atoms with Crippen LogP contribution in [-0.2, 0) is 29.7 Å². The molecule has 0 bridgehead atoms. The lowest BCUT2D eigenvalue weighted by Crippen LogP contribution is -2.49. The lowest BCUT2D eigenvalue weighted by Gasteiger charge is -2.41. The second-order valence-corrected chi connectivity index (χ2v) is 9.02. The molecule has 0 N–H and O–H groups in total. The number of amides is 2. The second-order valence-electron chi connectivity index (χ2n) is 8.11. The molecule has 0 fully saturated rings. The van der Waals surface area contributed by atoms with Gasteiger partial charge in [-0.1, -0.05) is 33.2 Å². The van der Waals surface area contributed by atoms with Gasteiger partial charge in [-0.25, -0.2) is 18.7 Å². The third-order valence-corrected chi connectivity index (χ3v) is 6.23. The van der Waals surface area contributed by atoms with Crippen molar-refractivity contribution < 1.29 is 23.4 Å². The van der Waals surface area contributed by atoms with E-state index < -0.39 is 12.0 Å². The molecule has 1 aliphatic heterocycles. The number of nitrogens with zero attached hydrogens (tertiary/aromatic N) is 6. The first-order valence-corrected chi connectivity index (χ1v) is 11.5. The molecule has 0 saturated heterocycles. The van der Waals surface area contributed by atoms with Crippen molar-refractivity contribution in [3.8, 4) is 0 Å². The Morgan fingerprint density at radius 3 is 2.62 bits per heavy atom. The van der Waals surface area contributed by atoms with Gasteiger partial charge in [0.25, 0.3) is 0 Å². The number of hydrogen-bond donors (Lipinski definition) is 0. The van der Waals surface area contributed by atoms with Gasteiger partial charge in [0.2, 0.25) is 12.2 Å². The van der Waals surface area contributed by atoms with Crippen LogP contribution in [-0.4, -0.2) is 50.2 Å². The molecule has 3 heterocycles. The van der Waals surface area contributed by atoms with Crippen LogP contribution in [0.5, 0.6) is 0 Å². The molecule has 34 heavy (non-hydrogen) atoms. The molecule has 10 nitrogen and oxygen atoms in total. The average molecular weight is 530 g/mol. The normalized spacial score (nSPS) is 16.4. The Labute approximate surface area is 205 Å². The van der Waals surface area contributed by atoms with Crippen molar-refractivity contribution in [2.45, 2.75) is 33.0 Å². The van der Waals surface area contributed by atoms with Gasteiger partial charge in [0, 0.05) is 24.1 Å². The van der Waals surface area contributed by atoms with Crippen molar-refractivity contribution in [1.82, 2.24) is 24.5 Å². The molecule has 0 radical (unpaired) electrons. The fourth-order valence-electron chi connectivity index (χ4n) is 3.90. The molecule has 1 aliphatic rings. The van der Waals surface area contributed by atoms with Crippen LogP contribution in [0.2, 0.25) is 0 Å². The Morgan fingerprint density at radius 2 is 2.00 bits per heavy atom. The molecule has 11 heteroatoms. The summed E-state index contributed by atoms with van der Waals surface area (Å²) in [5.74, 6) is 0.280. The number of hydrogen-bond acceptors (Lipinski definition) is 6. The van der Waals surface area contributed by atoms with E-state index >= 15 is 0 Å². The quantitative estimate of drug-likeness (QED) is 0.344. The van der Waals surface area contributed by atoms with E-state index in [1.165, 1.54) is 4.90 Å². The van der Waals surface area contributed by atoms with Gasteiger partial charge in [-0.05, 0) is 24.6 Å². The van der Waals surface area contributed by atoms with E-state index in [9.17, 15) is 9.59 Å². The minimum absolute atomic E-state index is 0.0746. The smallest absolute Gasteiger partial charge is 0.338 e. The highest BCUT2D eigenvalue weighted by molar-refractivity contribution is 9.10. The number of benzene rings is 1. The summed E-state index contributed by atoms with van der Waals surface area (Å²) in [5, 5.41) is 3.94. The van der Waals surface area contributed by atoms with Gasteiger partial charge >= 0.3 is 12.0 Å². The Hall–Kier alpha value is -3.47. The van der Waals surface area contributed by atoms with Gasteiger partial charge in [-0.15, -0.1) is 0 Å². The molecule has 1 atom stereocenters. The fourth-order valence-corrected chi connectivity index (χ4v) is 4.17. The van der Waals surface area contributed by atoms with Crippen LogP contribution < -0.4 is 4.57 Å². The number of rotatable bonds is 7. The monoisotopic (exact) mass is 529 g/mol. The molecule has 4 rings (SSSR count). The zero-order valence-corrected chi connectivity index (χ0v) is 21.0. The zero-order valence-electron chi connectivity index (χ0n) is 19.4. The number of aromatic nitrogens is 4. The van der Waals surface area contributed by atoms with Gasteiger partial charge in [0.1, 0.15) is 25.5 Å². The highest BCUT2D eigenvalue weighted by Crippen LogP contribution is 2.38. The number of esters is 1. The molecule has 1 unspecified atom stereocenters. The number of aryl methyl sites for hydroxylation is 2. The molecule has 3 aromatic rings. The van der Waals surface area contributed by atoms with Crippen LogP contribution in [0.3, 0.4) is 0 Å². The molecule has 2 amide bonds. The van der Waals surface area contributed by atoms with Crippen LogP contribution in [0.4, 0.5) is 4.79 Å². The summed E-state index contributed by atoms with van der Waals surface area (Å²) in [4.78, 5) is 34.0. The summed E-state index contributed by atoms with van der Waals surface area (Å²) >= 11 is 3.45. The number of carbonyl (C=O) groups is 2. The van der Waals surface area contributed by atoms with Gasteiger partial charge < -0.3 is 19.1 Å². The molecular formula is C23H26BrN6O4+. The average Bonchev–Trinajstić information content (AvgIpc) is 3.42. The number of halogens is 1. The number of carbonyl (C=O) groups excluding carboxylic acids is 2. The molecule has 0 spiro atoms. The first-order valence-electron chi connectivity index (χ1n) is 10.7. The van der Waals surface area contributed by atoms with Crippen LogP contribution in [0, 0.1) is 6.92 Å². The lowest BCUT2D eigenvalue weighted by atomic mass is 9.93. The minimum atomic E-state index is -0.674. The van der Waals surface area contributed by atoms with E-state index in [-0.39, 0.29) is 19.2 Å². The van der Waals surface area contributed by atoms with Crippen molar-refractivity contribution in [3.05, 3.63) is 76.0 Å². The van der Waals surface area contributed by atoms with E-state index in [0.717, 1.165) is 10.0 Å². The van der Waals surface area contributed by atoms with Gasteiger partial charge in [0.05, 0.1) is 25.2 Å². The van der Waals surface area contributed by atoms with Gasteiger partial charge in [-0.3, -0.25) is 0 Å². The van der Waals surface area contributed by atoms with Crippen LogP contribution >= 0.6 is 15.9 Å². The predicted octanol–water partition coefficient (Wildman–Crippen LogP) is 2.89. The van der Waals surface area contributed by atoms with Gasteiger partial charge in [-0.2, -0.15) is 4.98 Å². The Bertz CT molecular complexity index is 1230. The summed E-state index contributed by atoms with van der Waals surface area (Å²) in [7, 11) is 3.56. The predicted molar refractivity (Wildman–Crippen MR) is 124 cm³/mol. The van der Waals surface area contributed by atoms with E-state index in [1.54, 1.807) is 25.8 Å². The zero-order chi connectivity index (χ0) is 24.4. The SMILES string of the molecule is CC1=C(C(=O)OCCn2cc[n+](C)c2)C(c2ccc(Br)cc2)N(Cc2noc(C)n2)C(=O)N1C. The molecule has 0 aliphatic carbocycles. The second kappa shape index (κ2) is 9.80. The Kier molecular flexibility index (Phi) is 6.82. The topological polar surface area (TPSA) is 97.6 Å². The van der Waals surface area contributed by atoms with Crippen molar-refractivity contribution in [2.75, 3.05) is 13.7 Å². The first kappa shape index (κ1) is 23.7. The number of ether oxygens (including phenoxy) is 1. The molecule has 178 valence electrons. The molecular weight excluding hydrogens is 504 g/mol. The highest BCUT2D eigenvalue weighted by Gasteiger charge is 2.41. The maximum Gasteiger partial charge on any atom is 0.338 e. The van der Waals surface area contributed by atoms with E-state index in [1.807, 2.05) is 59.2 Å². The third-order valence-electron chi connectivity index (χ3n) is 5.70. The Balaban J connectivity index is 1.67. The highest BCUT2D eigenvalue weighted by atomic mass is 79.9. The van der Waals surface area contributed by atoms with Crippen molar-refractivity contribution in [1.29, 1.82) is 0 Å². The number of allylic oxidation sites excluding steroid dienone is 1. The Morgan fingerprint density at radius 1 is 1.26 bits per heavy atom. The summed E-state index contributed by atoms with van der Waals surface area (Å²) in [6.45, 7) is 4.22. The van der Waals surface area contributed by atoms with Crippen molar-refractivity contribution >= 4 is 27.9 Å². The maximum atomic E-state index is 13.4. The minimum Gasteiger partial charge on any atom is -0.458 e. The lowest BCUT2D eigenvalue weighted by molar-refractivity contribution is -0.671. The summed E-state index contributed by atoms with van der Waals surface area (Å²) < 4.78 is 15.5. The van der Waals surface area contributed by atoms with E-state index in [4.69, 9.17) is 9.26 Å². The van der Waals surface area contributed by atoms with E-state index in [0.29, 0.717) is 29.5 Å². The number of imidazole rings is 1. The molecule has 0 saturated carbocycles. The fraction of sp³-hybridized carbons (Fsp3) is 0.348.